The number of rotatable bonds is 7. The van der Waals surface area contributed by atoms with Crippen molar-refractivity contribution in [3.8, 4) is 5.75 Å². The fourth-order valence-electron chi connectivity index (χ4n) is 1.87. The van der Waals surface area contributed by atoms with Gasteiger partial charge >= 0.3 is 5.97 Å². The van der Waals surface area contributed by atoms with Crippen molar-refractivity contribution in [2.24, 2.45) is 0 Å². The van der Waals surface area contributed by atoms with Gasteiger partial charge in [-0.3, -0.25) is 0 Å². The molecular formula is C15H18N2O4. The maximum absolute atomic E-state index is 10.9. The molecular weight excluding hydrogens is 272 g/mol. The smallest absolute Gasteiger partial charge is 0.335 e. The van der Waals surface area contributed by atoms with Gasteiger partial charge in [0.05, 0.1) is 5.56 Å². The van der Waals surface area contributed by atoms with E-state index in [0.717, 1.165) is 24.8 Å². The van der Waals surface area contributed by atoms with Crippen LogP contribution in [-0.2, 0) is 13.0 Å². The standard InChI is InChI=1S/C15H18N2O4/c1-3-4-5-13-16-14(21-17-13)9-20-12-7-6-11(15(18)19)8-10(12)2/h6-8H,3-5,9H2,1-2H3,(H,18,19). The average Bonchev–Trinajstić information content (AvgIpc) is 2.91. The van der Waals surface area contributed by atoms with Crippen molar-refractivity contribution in [3.63, 3.8) is 0 Å². The predicted octanol–water partition coefficient (Wildman–Crippen LogP) is 3.00. The van der Waals surface area contributed by atoms with Gasteiger partial charge in [-0.2, -0.15) is 4.98 Å². The minimum Gasteiger partial charge on any atom is -0.483 e. The first-order chi connectivity index (χ1) is 10.1. The van der Waals surface area contributed by atoms with Gasteiger partial charge in [0, 0.05) is 6.42 Å². The van der Waals surface area contributed by atoms with Gasteiger partial charge in [0.25, 0.3) is 5.89 Å². The third-order valence-corrected chi connectivity index (χ3v) is 3.04. The summed E-state index contributed by atoms with van der Waals surface area (Å²) in [4.78, 5) is 15.1. The highest BCUT2D eigenvalue weighted by Crippen LogP contribution is 2.20. The van der Waals surface area contributed by atoms with Gasteiger partial charge in [0.1, 0.15) is 5.75 Å². The summed E-state index contributed by atoms with van der Waals surface area (Å²) in [5.41, 5.74) is 0.986. The van der Waals surface area contributed by atoms with Crippen LogP contribution >= 0.6 is 0 Å². The molecule has 6 heteroatoms. The van der Waals surface area contributed by atoms with Gasteiger partial charge in [-0.1, -0.05) is 18.5 Å². The molecule has 6 nitrogen and oxygen atoms in total. The van der Waals surface area contributed by atoms with E-state index in [-0.39, 0.29) is 12.2 Å². The monoisotopic (exact) mass is 290 g/mol. The molecule has 0 radical (unpaired) electrons. The fraction of sp³-hybridized carbons (Fsp3) is 0.400. The molecule has 2 rings (SSSR count). The van der Waals surface area contributed by atoms with Crippen LogP contribution in [-0.4, -0.2) is 21.2 Å². The second kappa shape index (κ2) is 6.88. The Morgan fingerprint density at radius 1 is 1.43 bits per heavy atom. The normalized spacial score (nSPS) is 10.6. The fourth-order valence-corrected chi connectivity index (χ4v) is 1.87. The van der Waals surface area contributed by atoms with Crippen molar-refractivity contribution in [1.82, 2.24) is 10.1 Å². The van der Waals surface area contributed by atoms with Crippen LogP contribution in [0.1, 0.15) is 47.4 Å². The van der Waals surface area contributed by atoms with Crippen LogP contribution in [0.2, 0.25) is 0 Å². The zero-order valence-corrected chi connectivity index (χ0v) is 12.1. The van der Waals surface area contributed by atoms with E-state index in [1.165, 1.54) is 6.07 Å². The number of benzene rings is 1. The topological polar surface area (TPSA) is 85.5 Å². The number of unbranched alkanes of at least 4 members (excludes halogenated alkanes) is 1. The zero-order chi connectivity index (χ0) is 15.2. The van der Waals surface area contributed by atoms with Crippen LogP contribution < -0.4 is 4.74 Å². The van der Waals surface area contributed by atoms with Crippen molar-refractivity contribution < 1.29 is 19.2 Å². The molecule has 1 heterocycles. The molecule has 0 saturated carbocycles. The summed E-state index contributed by atoms with van der Waals surface area (Å²) in [5, 5.41) is 12.8. The Morgan fingerprint density at radius 3 is 2.90 bits per heavy atom. The van der Waals surface area contributed by atoms with E-state index in [1.54, 1.807) is 19.1 Å². The molecule has 112 valence electrons. The number of hydrogen-bond acceptors (Lipinski definition) is 5. The first kappa shape index (κ1) is 15.0. The number of ether oxygens (including phenoxy) is 1. The molecule has 2 aromatic rings. The van der Waals surface area contributed by atoms with Gasteiger partial charge in [-0.05, 0) is 37.1 Å². The number of hydrogen-bond donors (Lipinski definition) is 1. The lowest BCUT2D eigenvalue weighted by atomic mass is 10.1. The summed E-state index contributed by atoms with van der Waals surface area (Å²) in [6.07, 6.45) is 2.90. The number of aromatic carboxylic acids is 1. The second-order valence-electron chi connectivity index (χ2n) is 4.78. The lowest BCUT2D eigenvalue weighted by Gasteiger charge is -2.07. The van der Waals surface area contributed by atoms with Crippen LogP contribution in [0.25, 0.3) is 0 Å². The van der Waals surface area contributed by atoms with Crippen LogP contribution in [0.15, 0.2) is 22.7 Å². The Morgan fingerprint density at radius 2 is 2.24 bits per heavy atom. The van der Waals surface area contributed by atoms with E-state index in [4.69, 9.17) is 14.4 Å². The Labute approximate surface area is 122 Å². The Hall–Kier alpha value is -2.37. The van der Waals surface area contributed by atoms with Gasteiger partial charge < -0.3 is 14.4 Å². The summed E-state index contributed by atoms with van der Waals surface area (Å²) in [5.74, 6) is 0.756. The van der Waals surface area contributed by atoms with E-state index < -0.39 is 5.97 Å². The SMILES string of the molecule is CCCCc1noc(COc2ccc(C(=O)O)cc2C)n1. The molecule has 1 N–H and O–H groups in total. The highest BCUT2D eigenvalue weighted by Gasteiger charge is 2.09. The number of carbonyl (C=O) groups is 1. The number of carboxylic acid groups (broad SMARTS) is 1. The average molecular weight is 290 g/mol. The third kappa shape index (κ3) is 4.05. The van der Waals surface area contributed by atoms with Crippen LogP contribution in [0, 0.1) is 6.92 Å². The molecule has 0 bridgehead atoms. The van der Waals surface area contributed by atoms with E-state index >= 15 is 0 Å². The molecule has 0 unspecified atom stereocenters. The van der Waals surface area contributed by atoms with E-state index in [9.17, 15) is 4.79 Å². The van der Waals surface area contributed by atoms with Crippen molar-refractivity contribution in [3.05, 3.63) is 41.0 Å². The predicted molar refractivity (Wildman–Crippen MR) is 75.4 cm³/mol. The molecule has 21 heavy (non-hydrogen) atoms. The Bertz CT molecular complexity index is 622. The van der Waals surface area contributed by atoms with Crippen molar-refractivity contribution in [2.45, 2.75) is 39.7 Å². The summed E-state index contributed by atoms with van der Waals surface area (Å²) in [7, 11) is 0. The summed E-state index contributed by atoms with van der Waals surface area (Å²) >= 11 is 0. The van der Waals surface area contributed by atoms with Gasteiger partial charge in [0.15, 0.2) is 12.4 Å². The molecule has 0 aliphatic heterocycles. The first-order valence-corrected chi connectivity index (χ1v) is 6.88. The maximum Gasteiger partial charge on any atom is 0.335 e. The minimum atomic E-state index is -0.956. The van der Waals surface area contributed by atoms with Crippen molar-refractivity contribution in [2.75, 3.05) is 0 Å². The van der Waals surface area contributed by atoms with Crippen LogP contribution in [0.4, 0.5) is 0 Å². The number of aryl methyl sites for hydroxylation is 2. The molecule has 1 aromatic carbocycles. The molecule has 0 aliphatic carbocycles. The van der Waals surface area contributed by atoms with E-state index in [2.05, 4.69) is 17.1 Å². The zero-order valence-electron chi connectivity index (χ0n) is 12.1. The van der Waals surface area contributed by atoms with Crippen LogP contribution in [0.3, 0.4) is 0 Å². The largest absolute Gasteiger partial charge is 0.483 e. The van der Waals surface area contributed by atoms with Gasteiger partial charge in [-0.15, -0.1) is 0 Å². The summed E-state index contributed by atoms with van der Waals surface area (Å²) in [6, 6.07) is 4.70. The molecule has 0 saturated heterocycles. The first-order valence-electron chi connectivity index (χ1n) is 6.88. The Balaban J connectivity index is 1.96. The van der Waals surface area contributed by atoms with Gasteiger partial charge in [0.2, 0.25) is 0 Å². The number of aromatic nitrogens is 2. The summed E-state index contributed by atoms with van der Waals surface area (Å²) in [6.45, 7) is 4.07. The van der Waals surface area contributed by atoms with Crippen molar-refractivity contribution >= 4 is 5.97 Å². The lowest BCUT2D eigenvalue weighted by Crippen LogP contribution is -2.01. The van der Waals surface area contributed by atoms with E-state index in [1.807, 2.05) is 0 Å². The highest BCUT2D eigenvalue weighted by atomic mass is 16.5. The van der Waals surface area contributed by atoms with Gasteiger partial charge in [-0.25, -0.2) is 4.79 Å². The number of nitrogens with zero attached hydrogens (tertiary/aromatic N) is 2. The van der Waals surface area contributed by atoms with Crippen molar-refractivity contribution in [1.29, 1.82) is 0 Å². The Kier molecular flexibility index (Phi) is 4.92. The quantitative estimate of drug-likeness (QED) is 0.843. The van der Waals surface area contributed by atoms with E-state index in [0.29, 0.717) is 17.5 Å². The maximum atomic E-state index is 10.9. The molecule has 0 amide bonds. The highest BCUT2D eigenvalue weighted by molar-refractivity contribution is 5.88. The third-order valence-electron chi connectivity index (χ3n) is 3.04. The number of carboxylic acids is 1. The summed E-state index contributed by atoms with van der Waals surface area (Å²) < 4.78 is 10.7. The molecule has 0 atom stereocenters. The molecule has 1 aromatic heterocycles. The minimum absolute atomic E-state index is 0.173. The lowest BCUT2D eigenvalue weighted by molar-refractivity contribution is 0.0696. The van der Waals surface area contributed by atoms with Crippen LogP contribution in [0.5, 0.6) is 5.75 Å². The second-order valence-corrected chi connectivity index (χ2v) is 4.78. The molecule has 0 aliphatic rings. The molecule has 0 fully saturated rings. The molecule has 0 spiro atoms.